The van der Waals surface area contributed by atoms with Crippen molar-refractivity contribution in [3.63, 3.8) is 0 Å². The summed E-state index contributed by atoms with van der Waals surface area (Å²) in [4.78, 5) is 12.1. The van der Waals surface area contributed by atoms with Gasteiger partial charge in [-0.15, -0.1) is 0 Å². The van der Waals surface area contributed by atoms with E-state index < -0.39 is 0 Å². The molecule has 3 aromatic rings. The molecule has 9 heteroatoms. The summed E-state index contributed by atoms with van der Waals surface area (Å²) in [5, 5.41) is 11.7. The van der Waals surface area contributed by atoms with E-state index in [-0.39, 0.29) is 12.6 Å². The maximum atomic E-state index is 12.1. The molecule has 130 valence electrons. The highest BCUT2D eigenvalue weighted by molar-refractivity contribution is 9.10. The lowest BCUT2D eigenvalue weighted by Gasteiger charge is -2.06. The maximum Gasteiger partial charge on any atom is 0.271 e. The van der Waals surface area contributed by atoms with E-state index in [9.17, 15) is 4.79 Å². The number of benzene rings is 1. The summed E-state index contributed by atoms with van der Waals surface area (Å²) in [6.07, 6.45) is 5.22. The summed E-state index contributed by atoms with van der Waals surface area (Å²) < 4.78 is 9.76. The predicted octanol–water partition coefficient (Wildman–Crippen LogP) is 2.96. The second kappa shape index (κ2) is 8.17. The van der Waals surface area contributed by atoms with Gasteiger partial charge in [-0.2, -0.15) is 10.2 Å². The molecule has 25 heavy (non-hydrogen) atoms. The third kappa shape index (κ3) is 5.07. The summed E-state index contributed by atoms with van der Waals surface area (Å²) in [5.41, 5.74) is 0.330. The number of rotatable bonds is 7. The van der Waals surface area contributed by atoms with Crippen LogP contribution >= 0.6 is 27.5 Å². The molecule has 0 aliphatic rings. The van der Waals surface area contributed by atoms with E-state index in [1.165, 1.54) is 0 Å². The molecule has 2 aromatic heterocycles. The number of halogens is 2. The molecule has 0 fully saturated rings. The molecule has 0 saturated heterocycles. The molecule has 2 heterocycles. The molecule has 0 atom stereocenters. The number of aromatic nitrogens is 4. The van der Waals surface area contributed by atoms with Gasteiger partial charge >= 0.3 is 0 Å². The number of ether oxygens (including phenoxy) is 1. The molecule has 0 aliphatic heterocycles. The minimum Gasteiger partial charge on any atom is -0.471 e. The highest BCUT2D eigenvalue weighted by atomic mass is 79.9. The highest BCUT2D eigenvalue weighted by Crippen LogP contribution is 2.17. The Morgan fingerprint density at radius 1 is 1.32 bits per heavy atom. The van der Waals surface area contributed by atoms with Crippen LogP contribution in [0.25, 0.3) is 0 Å². The van der Waals surface area contributed by atoms with Crippen LogP contribution in [-0.2, 0) is 13.3 Å². The summed E-state index contributed by atoms with van der Waals surface area (Å²) in [5.74, 6) is 0.395. The smallest absolute Gasteiger partial charge is 0.271 e. The zero-order chi connectivity index (χ0) is 17.6. The average molecular weight is 425 g/mol. The average Bonchev–Trinajstić information content (AvgIpc) is 3.22. The van der Waals surface area contributed by atoms with Crippen LogP contribution in [0.5, 0.6) is 5.75 Å². The third-order valence-electron chi connectivity index (χ3n) is 3.26. The van der Waals surface area contributed by atoms with Crippen LogP contribution in [0.3, 0.4) is 0 Å². The van der Waals surface area contributed by atoms with E-state index >= 15 is 0 Å². The van der Waals surface area contributed by atoms with Crippen molar-refractivity contribution in [2.24, 2.45) is 0 Å². The van der Waals surface area contributed by atoms with Crippen molar-refractivity contribution >= 4 is 33.4 Å². The molecule has 1 amide bonds. The predicted molar refractivity (Wildman–Crippen MR) is 96.6 cm³/mol. The van der Waals surface area contributed by atoms with Gasteiger partial charge in [0.05, 0.1) is 17.2 Å². The molecular formula is C16H15BrClN5O2. The SMILES string of the molecule is O=C(NCCn1cc(Br)cn1)c1ccn(COc2cccc(Cl)c2)n1. The lowest BCUT2D eigenvalue weighted by atomic mass is 10.3. The molecule has 0 radical (unpaired) electrons. The number of carbonyl (C=O) groups is 1. The number of amides is 1. The Kier molecular flexibility index (Phi) is 5.72. The topological polar surface area (TPSA) is 74.0 Å². The number of carbonyl (C=O) groups excluding carboxylic acids is 1. The standard InChI is InChI=1S/C16H15BrClN5O2/c17-12-9-20-22(10-12)7-5-19-16(24)15-4-6-23(21-15)11-25-14-3-1-2-13(18)8-14/h1-4,6,8-10H,5,7,11H2,(H,19,24). The fraction of sp³-hybridized carbons (Fsp3) is 0.188. The van der Waals surface area contributed by atoms with Gasteiger partial charge in [-0.25, -0.2) is 4.68 Å². The highest BCUT2D eigenvalue weighted by Gasteiger charge is 2.09. The monoisotopic (exact) mass is 423 g/mol. The van der Waals surface area contributed by atoms with Gasteiger partial charge in [0.25, 0.3) is 5.91 Å². The molecular weight excluding hydrogens is 410 g/mol. The number of nitrogens with one attached hydrogen (secondary N) is 1. The zero-order valence-electron chi connectivity index (χ0n) is 13.1. The van der Waals surface area contributed by atoms with E-state index in [2.05, 4.69) is 31.4 Å². The van der Waals surface area contributed by atoms with Gasteiger partial charge in [-0.05, 0) is 40.2 Å². The Bertz CT molecular complexity index is 864. The second-order valence-corrected chi connectivity index (χ2v) is 6.50. The molecule has 3 rings (SSSR count). The quantitative estimate of drug-likeness (QED) is 0.633. The Morgan fingerprint density at radius 3 is 2.96 bits per heavy atom. The van der Waals surface area contributed by atoms with E-state index in [0.29, 0.717) is 29.6 Å². The van der Waals surface area contributed by atoms with E-state index in [0.717, 1.165) is 4.47 Å². The molecule has 0 aliphatic carbocycles. The Labute approximate surface area is 157 Å². The van der Waals surface area contributed by atoms with Crippen LogP contribution in [0.2, 0.25) is 5.02 Å². The molecule has 0 spiro atoms. The molecule has 0 bridgehead atoms. The lowest BCUT2D eigenvalue weighted by Crippen LogP contribution is -2.27. The van der Waals surface area contributed by atoms with Gasteiger partial charge in [0, 0.05) is 24.0 Å². The van der Waals surface area contributed by atoms with Crippen LogP contribution in [0, 0.1) is 0 Å². The zero-order valence-corrected chi connectivity index (χ0v) is 15.4. The second-order valence-electron chi connectivity index (χ2n) is 5.15. The Hall–Kier alpha value is -2.32. The Balaban J connectivity index is 1.47. The first-order valence-corrected chi connectivity index (χ1v) is 8.65. The maximum absolute atomic E-state index is 12.1. The van der Waals surface area contributed by atoms with Crippen molar-refractivity contribution in [3.8, 4) is 5.75 Å². The van der Waals surface area contributed by atoms with Crippen LogP contribution in [0.4, 0.5) is 0 Å². The molecule has 1 aromatic carbocycles. The lowest BCUT2D eigenvalue weighted by molar-refractivity contribution is 0.0945. The molecule has 1 N–H and O–H groups in total. The van der Waals surface area contributed by atoms with Crippen LogP contribution in [0.15, 0.2) is 53.4 Å². The fourth-order valence-electron chi connectivity index (χ4n) is 2.09. The van der Waals surface area contributed by atoms with Crippen LogP contribution < -0.4 is 10.1 Å². The number of nitrogens with zero attached hydrogens (tertiary/aromatic N) is 4. The van der Waals surface area contributed by atoms with Gasteiger partial charge in [0.2, 0.25) is 0 Å². The summed E-state index contributed by atoms with van der Waals surface area (Å²) in [6.45, 7) is 1.23. The van der Waals surface area contributed by atoms with Crippen molar-refractivity contribution in [3.05, 3.63) is 64.1 Å². The van der Waals surface area contributed by atoms with E-state index in [1.54, 1.807) is 52.1 Å². The van der Waals surface area contributed by atoms with Gasteiger partial charge in [0.1, 0.15) is 11.4 Å². The van der Waals surface area contributed by atoms with E-state index in [4.69, 9.17) is 16.3 Å². The molecule has 0 unspecified atom stereocenters. The molecule has 0 saturated carbocycles. The van der Waals surface area contributed by atoms with Crippen molar-refractivity contribution in [1.82, 2.24) is 24.9 Å². The van der Waals surface area contributed by atoms with Crippen molar-refractivity contribution in [2.45, 2.75) is 13.3 Å². The minimum atomic E-state index is -0.243. The van der Waals surface area contributed by atoms with E-state index in [1.807, 2.05) is 6.20 Å². The first-order chi connectivity index (χ1) is 12.1. The first kappa shape index (κ1) is 17.5. The van der Waals surface area contributed by atoms with Gasteiger partial charge in [0.15, 0.2) is 6.73 Å². The van der Waals surface area contributed by atoms with Gasteiger partial charge in [-0.3, -0.25) is 9.48 Å². The van der Waals surface area contributed by atoms with Crippen molar-refractivity contribution < 1.29 is 9.53 Å². The largest absolute Gasteiger partial charge is 0.471 e. The summed E-state index contributed by atoms with van der Waals surface area (Å²) in [6, 6.07) is 8.73. The number of hydrogen-bond acceptors (Lipinski definition) is 4. The fourth-order valence-corrected chi connectivity index (χ4v) is 2.60. The normalized spacial score (nSPS) is 10.6. The summed E-state index contributed by atoms with van der Waals surface area (Å²) >= 11 is 9.23. The van der Waals surface area contributed by atoms with Crippen LogP contribution in [0.1, 0.15) is 10.5 Å². The number of hydrogen-bond donors (Lipinski definition) is 1. The first-order valence-electron chi connectivity index (χ1n) is 7.48. The van der Waals surface area contributed by atoms with Crippen LogP contribution in [-0.4, -0.2) is 32.0 Å². The summed E-state index contributed by atoms with van der Waals surface area (Å²) in [7, 11) is 0. The van der Waals surface area contributed by atoms with Gasteiger partial charge in [-0.1, -0.05) is 17.7 Å². The van der Waals surface area contributed by atoms with Crippen molar-refractivity contribution in [1.29, 1.82) is 0 Å². The molecule has 7 nitrogen and oxygen atoms in total. The van der Waals surface area contributed by atoms with Crippen molar-refractivity contribution in [2.75, 3.05) is 6.54 Å². The third-order valence-corrected chi connectivity index (χ3v) is 3.91. The van der Waals surface area contributed by atoms with Gasteiger partial charge < -0.3 is 10.1 Å². The minimum absolute atomic E-state index is 0.189. The Morgan fingerprint density at radius 2 is 2.20 bits per heavy atom.